The lowest BCUT2D eigenvalue weighted by Gasteiger charge is -2.31. The first-order valence-corrected chi connectivity index (χ1v) is 7.10. The molecule has 1 aromatic rings. The van der Waals surface area contributed by atoms with Crippen molar-refractivity contribution in [3.63, 3.8) is 0 Å². The van der Waals surface area contributed by atoms with Gasteiger partial charge >= 0.3 is 0 Å². The van der Waals surface area contributed by atoms with Crippen LogP contribution < -0.4 is 9.47 Å². The number of likely N-dealkylation sites (N-methyl/N-ethyl adjacent to an activating group) is 1. The van der Waals surface area contributed by atoms with Gasteiger partial charge in [-0.1, -0.05) is 12.1 Å². The van der Waals surface area contributed by atoms with E-state index in [0.717, 1.165) is 37.2 Å². The maximum Gasteiger partial charge on any atom is 0.165 e. The predicted octanol–water partition coefficient (Wildman–Crippen LogP) is 2.30. The van der Waals surface area contributed by atoms with Crippen molar-refractivity contribution < 1.29 is 14.3 Å². The maximum absolute atomic E-state index is 11.4. The summed E-state index contributed by atoms with van der Waals surface area (Å²) in [5.41, 5.74) is 0.907. The van der Waals surface area contributed by atoms with Crippen LogP contribution in [0.25, 0.3) is 0 Å². The van der Waals surface area contributed by atoms with Crippen LogP contribution in [0.3, 0.4) is 0 Å². The normalized spacial score (nSPS) is 19.6. The maximum atomic E-state index is 11.4. The quantitative estimate of drug-likeness (QED) is 0.828. The van der Waals surface area contributed by atoms with E-state index >= 15 is 0 Å². The van der Waals surface area contributed by atoms with Crippen molar-refractivity contribution in [2.45, 2.75) is 32.3 Å². The Hall–Kier alpha value is -1.55. The fraction of sp³-hybridized carbons (Fsp3) is 0.562. The van der Waals surface area contributed by atoms with Crippen molar-refractivity contribution in [3.05, 3.63) is 23.8 Å². The summed E-state index contributed by atoms with van der Waals surface area (Å²) in [6.45, 7) is 3.63. The van der Waals surface area contributed by atoms with Crippen LogP contribution in [-0.2, 0) is 11.2 Å². The number of para-hydroxylation sites is 1. The van der Waals surface area contributed by atoms with Crippen LogP contribution in [0, 0.1) is 0 Å². The summed E-state index contributed by atoms with van der Waals surface area (Å²) in [5, 5.41) is 0. The second-order valence-corrected chi connectivity index (χ2v) is 5.47. The van der Waals surface area contributed by atoms with Crippen molar-refractivity contribution in [1.82, 2.24) is 4.90 Å². The summed E-state index contributed by atoms with van der Waals surface area (Å²) in [5.74, 6) is 1.56. The number of piperidine rings is 1. The van der Waals surface area contributed by atoms with Crippen LogP contribution in [0.15, 0.2) is 18.2 Å². The Bertz CT molecular complexity index is 473. The molecular formula is C16H23NO3. The molecular weight excluding hydrogens is 254 g/mol. The van der Waals surface area contributed by atoms with Gasteiger partial charge in [-0.25, -0.2) is 0 Å². The van der Waals surface area contributed by atoms with Gasteiger partial charge in [0.1, 0.15) is 11.9 Å². The van der Waals surface area contributed by atoms with Crippen molar-refractivity contribution in [2.75, 3.05) is 27.2 Å². The molecule has 4 nitrogen and oxygen atoms in total. The number of carbonyl (C=O) groups excluding carboxylic acids is 1. The summed E-state index contributed by atoms with van der Waals surface area (Å²) in [6.07, 6.45) is 2.73. The second kappa shape index (κ2) is 6.75. The van der Waals surface area contributed by atoms with E-state index in [-0.39, 0.29) is 11.9 Å². The number of ether oxygens (including phenoxy) is 2. The van der Waals surface area contributed by atoms with Gasteiger partial charge in [0.05, 0.1) is 7.11 Å². The van der Waals surface area contributed by atoms with Gasteiger partial charge < -0.3 is 14.4 Å². The molecule has 0 spiro atoms. The van der Waals surface area contributed by atoms with Gasteiger partial charge in [-0.05, 0) is 39.4 Å². The number of carbonyl (C=O) groups is 1. The third-order valence-corrected chi connectivity index (χ3v) is 3.59. The van der Waals surface area contributed by atoms with Crippen molar-refractivity contribution in [1.29, 1.82) is 0 Å². The van der Waals surface area contributed by atoms with Gasteiger partial charge in [-0.2, -0.15) is 0 Å². The Morgan fingerprint density at radius 2 is 2.25 bits per heavy atom. The lowest BCUT2D eigenvalue weighted by Crippen LogP contribution is -2.38. The number of methoxy groups -OCH3 is 1. The monoisotopic (exact) mass is 277 g/mol. The minimum absolute atomic E-state index is 0.129. The molecule has 0 bridgehead atoms. The highest BCUT2D eigenvalue weighted by molar-refractivity contribution is 5.79. The summed E-state index contributed by atoms with van der Waals surface area (Å²) < 4.78 is 11.5. The van der Waals surface area contributed by atoms with E-state index in [0.29, 0.717) is 12.2 Å². The first-order chi connectivity index (χ1) is 9.60. The molecule has 0 amide bonds. The molecule has 1 aliphatic heterocycles. The van der Waals surface area contributed by atoms with E-state index in [9.17, 15) is 4.79 Å². The van der Waals surface area contributed by atoms with Crippen molar-refractivity contribution in [3.8, 4) is 11.5 Å². The van der Waals surface area contributed by atoms with Crippen molar-refractivity contribution >= 4 is 5.78 Å². The van der Waals surface area contributed by atoms with Crippen LogP contribution in [0.1, 0.15) is 25.3 Å². The molecule has 0 radical (unpaired) electrons. The standard InChI is InChI=1S/C16H23NO3/c1-12(18)10-13-6-4-8-15(19-3)16(13)20-14-7-5-9-17(2)11-14/h4,6,8,14H,5,7,9-11H2,1-3H3. The van der Waals surface area contributed by atoms with E-state index in [1.807, 2.05) is 18.2 Å². The minimum atomic E-state index is 0.129. The molecule has 1 aliphatic rings. The van der Waals surface area contributed by atoms with Gasteiger partial charge in [0.2, 0.25) is 0 Å². The van der Waals surface area contributed by atoms with Crippen LogP contribution >= 0.6 is 0 Å². The molecule has 0 aliphatic carbocycles. The number of hydrogen-bond donors (Lipinski definition) is 0. The van der Waals surface area contributed by atoms with Gasteiger partial charge in [-0.3, -0.25) is 4.79 Å². The van der Waals surface area contributed by atoms with Crippen LogP contribution in [0.5, 0.6) is 11.5 Å². The smallest absolute Gasteiger partial charge is 0.165 e. The minimum Gasteiger partial charge on any atom is -0.493 e. The van der Waals surface area contributed by atoms with E-state index in [2.05, 4.69) is 11.9 Å². The average Bonchev–Trinajstić information content (AvgIpc) is 2.40. The molecule has 0 N–H and O–H groups in total. The molecule has 20 heavy (non-hydrogen) atoms. The molecule has 0 aromatic heterocycles. The second-order valence-electron chi connectivity index (χ2n) is 5.47. The number of rotatable bonds is 5. The summed E-state index contributed by atoms with van der Waals surface area (Å²) in [6, 6.07) is 5.72. The molecule has 1 aromatic carbocycles. The molecule has 1 atom stereocenters. The molecule has 1 fully saturated rings. The van der Waals surface area contributed by atoms with E-state index in [1.165, 1.54) is 0 Å². The van der Waals surface area contributed by atoms with E-state index < -0.39 is 0 Å². The number of nitrogens with zero attached hydrogens (tertiary/aromatic N) is 1. The van der Waals surface area contributed by atoms with Gasteiger partial charge in [-0.15, -0.1) is 0 Å². The number of ketones is 1. The van der Waals surface area contributed by atoms with E-state index in [1.54, 1.807) is 14.0 Å². The Morgan fingerprint density at radius 1 is 1.45 bits per heavy atom. The zero-order chi connectivity index (χ0) is 14.5. The van der Waals surface area contributed by atoms with Gasteiger partial charge in [0, 0.05) is 18.5 Å². The molecule has 0 saturated carbocycles. The summed E-state index contributed by atoms with van der Waals surface area (Å²) in [4.78, 5) is 13.7. The Morgan fingerprint density at radius 3 is 2.90 bits per heavy atom. The highest BCUT2D eigenvalue weighted by atomic mass is 16.5. The number of benzene rings is 1. The van der Waals surface area contributed by atoms with E-state index in [4.69, 9.17) is 9.47 Å². The van der Waals surface area contributed by atoms with Crippen LogP contribution in [0.2, 0.25) is 0 Å². The Kier molecular flexibility index (Phi) is 5.01. The summed E-state index contributed by atoms with van der Waals surface area (Å²) in [7, 11) is 3.74. The molecule has 1 heterocycles. The van der Waals surface area contributed by atoms with Gasteiger partial charge in [0.15, 0.2) is 11.5 Å². The highest BCUT2D eigenvalue weighted by Gasteiger charge is 2.22. The zero-order valence-corrected chi connectivity index (χ0v) is 12.5. The number of Topliss-reactive ketones (excluding diaryl/α,β-unsaturated/α-hetero) is 1. The number of likely N-dealkylation sites (tertiary alicyclic amines) is 1. The fourth-order valence-corrected chi connectivity index (χ4v) is 2.65. The predicted molar refractivity (Wildman–Crippen MR) is 78.5 cm³/mol. The summed E-state index contributed by atoms with van der Waals surface area (Å²) >= 11 is 0. The lowest BCUT2D eigenvalue weighted by atomic mass is 10.1. The molecule has 1 unspecified atom stereocenters. The topological polar surface area (TPSA) is 38.8 Å². The third-order valence-electron chi connectivity index (χ3n) is 3.59. The van der Waals surface area contributed by atoms with Gasteiger partial charge in [0.25, 0.3) is 0 Å². The first kappa shape index (κ1) is 14.9. The molecule has 2 rings (SSSR count). The molecule has 1 saturated heterocycles. The largest absolute Gasteiger partial charge is 0.493 e. The third kappa shape index (κ3) is 3.73. The highest BCUT2D eigenvalue weighted by Crippen LogP contribution is 2.33. The number of hydrogen-bond acceptors (Lipinski definition) is 4. The molecule has 4 heteroatoms. The first-order valence-electron chi connectivity index (χ1n) is 7.10. The van der Waals surface area contributed by atoms with Crippen LogP contribution in [0.4, 0.5) is 0 Å². The van der Waals surface area contributed by atoms with Crippen molar-refractivity contribution in [2.24, 2.45) is 0 Å². The molecule has 110 valence electrons. The lowest BCUT2D eigenvalue weighted by molar-refractivity contribution is -0.116. The van der Waals surface area contributed by atoms with Crippen LogP contribution in [-0.4, -0.2) is 44.0 Å². The Balaban J connectivity index is 2.21. The Labute approximate surface area is 120 Å². The SMILES string of the molecule is COc1cccc(CC(C)=O)c1OC1CCCN(C)C1. The zero-order valence-electron chi connectivity index (χ0n) is 12.5. The average molecular weight is 277 g/mol. The fourth-order valence-electron chi connectivity index (χ4n) is 2.65.